The molecule has 0 radical (unpaired) electrons. The molecule has 0 saturated heterocycles. The number of hydrogen-bond donors (Lipinski definition) is 2. The lowest BCUT2D eigenvalue weighted by Gasteiger charge is -2.04. The van der Waals surface area contributed by atoms with Crippen molar-refractivity contribution in [1.82, 2.24) is 0 Å². The molecule has 4 nitrogen and oxygen atoms in total. The van der Waals surface area contributed by atoms with Crippen LogP contribution in [0.15, 0.2) is 24.3 Å². The van der Waals surface area contributed by atoms with Crippen LogP contribution in [-0.2, 0) is 15.8 Å². The minimum Gasteiger partial charge on any atom is -0.481 e. The molecule has 0 spiro atoms. The molecule has 0 amide bonds. The zero-order valence-corrected chi connectivity index (χ0v) is 8.43. The quantitative estimate of drug-likeness (QED) is 0.568. The molecule has 0 bridgehead atoms. The van der Waals surface area contributed by atoms with E-state index < -0.39 is 14.0 Å². The van der Waals surface area contributed by atoms with E-state index in [0.717, 1.165) is 0 Å². The summed E-state index contributed by atoms with van der Waals surface area (Å²) in [7, 11) is -2.73. The van der Waals surface area contributed by atoms with E-state index in [-0.39, 0.29) is 29.5 Å². The predicted molar refractivity (Wildman–Crippen MR) is 61.8 cm³/mol. The van der Waals surface area contributed by atoms with Crippen LogP contribution in [0.4, 0.5) is 0 Å². The summed E-state index contributed by atoms with van der Waals surface area (Å²) in [4.78, 5) is 19.3. The largest absolute Gasteiger partial charge is 0.481 e. The average molecular weight is 240 g/mol. The molecular weight excluding hydrogens is 227 g/mol. The highest BCUT2D eigenvalue weighted by atomic mass is 31.1. The maximum atomic E-state index is 10.9. The molecule has 0 aliphatic rings. The van der Waals surface area contributed by atoms with Gasteiger partial charge >= 0.3 is 29.0 Å². The molecule has 0 fully saturated rings. The summed E-state index contributed by atoms with van der Waals surface area (Å²) in [6.45, 7) is 0. The second kappa shape index (κ2) is 7.01. The summed E-state index contributed by atoms with van der Waals surface area (Å²) in [6.07, 6.45) is 0.272. The Kier molecular flexibility index (Phi) is 6.84. The average Bonchev–Trinajstić information content (AvgIpc) is 2.15. The first-order valence-electron chi connectivity index (χ1n) is 4.14. The first kappa shape index (κ1) is 14.6. The fourth-order valence-corrected chi connectivity index (χ4v) is 1.91. The van der Waals surface area contributed by atoms with Gasteiger partial charge in [0.15, 0.2) is 0 Å². The molecule has 1 unspecified atom stereocenters. The molecule has 0 heterocycles. The lowest BCUT2D eigenvalue weighted by atomic mass is 10.1. The number of aliphatic carboxylic acids is 1. The fraction of sp³-hybridized carbons (Fsp3) is 0.222. The second-order valence-corrected chi connectivity index (χ2v) is 4.01. The van der Waals surface area contributed by atoms with E-state index in [4.69, 9.17) is 10.00 Å². The number of carboxylic acid groups (broad SMARTS) is 1. The van der Waals surface area contributed by atoms with Crippen LogP contribution in [0.2, 0.25) is 0 Å². The molecular formula is C9H13MgO4P. The Bertz CT molecular complexity index is 367. The highest BCUT2D eigenvalue weighted by Gasteiger charge is 2.07. The van der Waals surface area contributed by atoms with Crippen molar-refractivity contribution in [3.05, 3.63) is 29.8 Å². The Morgan fingerprint density at radius 1 is 1.33 bits per heavy atom. The molecule has 6 heteroatoms. The minimum atomic E-state index is -2.73. The van der Waals surface area contributed by atoms with Crippen LogP contribution < -0.4 is 5.30 Å². The van der Waals surface area contributed by atoms with E-state index in [9.17, 15) is 9.36 Å². The molecule has 1 atom stereocenters. The van der Waals surface area contributed by atoms with Crippen LogP contribution in [0.3, 0.4) is 0 Å². The topological polar surface area (TPSA) is 74.6 Å². The van der Waals surface area contributed by atoms with Crippen molar-refractivity contribution < 1.29 is 19.4 Å². The Morgan fingerprint density at radius 2 is 1.93 bits per heavy atom. The smallest absolute Gasteiger partial charge is 0.316 e. The van der Waals surface area contributed by atoms with E-state index in [0.29, 0.717) is 17.3 Å². The van der Waals surface area contributed by atoms with Crippen LogP contribution in [0.25, 0.3) is 0 Å². The number of carboxylic acids is 1. The van der Waals surface area contributed by atoms with Crippen molar-refractivity contribution in [2.75, 3.05) is 0 Å². The molecule has 1 aromatic carbocycles. The van der Waals surface area contributed by atoms with Crippen molar-refractivity contribution in [2.24, 2.45) is 0 Å². The molecule has 80 valence electrons. The van der Waals surface area contributed by atoms with Crippen LogP contribution in [0.1, 0.15) is 12.0 Å². The normalized spacial score (nSPS) is 11.5. The maximum Gasteiger partial charge on any atom is 0.316 e. The summed E-state index contributed by atoms with van der Waals surface area (Å²) in [6, 6.07) is 6.62. The van der Waals surface area contributed by atoms with Crippen molar-refractivity contribution >= 4 is 42.4 Å². The van der Waals surface area contributed by atoms with Gasteiger partial charge in [0.2, 0.25) is 8.03 Å². The first-order chi connectivity index (χ1) is 6.61. The van der Waals surface area contributed by atoms with Gasteiger partial charge in [-0.05, 0) is 18.1 Å². The summed E-state index contributed by atoms with van der Waals surface area (Å²) >= 11 is 0. The summed E-state index contributed by atoms with van der Waals surface area (Å²) in [5.41, 5.74) is 0.640. The molecule has 1 aromatic rings. The van der Waals surface area contributed by atoms with Gasteiger partial charge in [0.05, 0.1) is 0 Å². The van der Waals surface area contributed by atoms with Crippen LogP contribution >= 0.6 is 8.03 Å². The van der Waals surface area contributed by atoms with Crippen molar-refractivity contribution in [1.29, 1.82) is 0 Å². The van der Waals surface area contributed by atoms with Gasteiger partial charge in [0, 0.05) is 11.7 Å². The number of aryl methyl sites for hydroxylation is 1. The Labute approximate surface area is 104 Å². The van der Waals surface area contributed by atoms with E-state index in [1.807, 2.05) is 0 Å². The molecule has 2 N–H and O–H groups in total. The van der Waals surface area contributed by atoms with Gasteiger partial charge in [0.1, 0.15) is 0 Å². The Morgan fingerprint density at radius 3 is 2.47 bits per heavy atom. The van der Waals surface area contributed by atoms with Crippen LogP contribution in [0, 0.1) is 0 Å². The van der Waals surface area contributed by atoms with Crippen molar-refractivity contribution in [3.63, 3.8) is 0 Å². The van der Waals surface area contributed by atoms with E-state index in [1.165, 1.54) is 0 Å². The van der Waals surface area contributed by atoms with E-state index in [1.54, 1.807) is 24.3 Å². The highest BCUT2D eigenvalue weighted by molar-refractivity contribution is 7.47. The summed E-state index contributed by atoms with van der Waals surface area (Å²) < 4.78 is 10.9. The maximum absolute atomic E-state index is 10.9. The van der Waals surface area contributed by atoms with Gasteiger partial charge in [0.25, 0.3) is 0 Å². The second-order valence-electron chi connectivity index (χ2n) is 2.86. The van der Waals surface area contributed by atoms with Gasteiger partial charge in [-0.15, -0.1) is 0 Å². The SMILES string of the molecule is O=C(O)CCc1ccccc1[PH](=O)O.[MgH2]. The predicted octanol–water partition coefficient (Wildman–Crippen LogP) is -0.120. The number of hydrogen-bond acceptors (Lipinski definition) is 2. The highest BCUT2D eigenvalue weighted by Crippen LogP contribution is 2.16. The molecule has 0 aromatic heterocycles. The fourth-order valence-electron chi connectivity index (χ4n) is 1.19. The third-order valence-corrected chi connectivity index (χ3v) is 2.80. The molecule has 0 aliphatic carbocycles. The molecule has 0 saturated carbocycles. The van der Waals surface area contributed by atoms with Crippen molar-refractivity contribution in [2.45, 2.75) is 12.8 Å². The summed E-state index contributed by atoms with van der Waals surface area (Å²) in [5.74, 6) is -0.905. The lowest BCUT2D eigenvalue weighted by Crippen LogP contribution is -2.07. The van der Waals surface area contributed by atoms with Gasteiger partial charge in [-0.1, -0.05) is 18.2 Å². The minimum absolute atomic E-state index is 0. The Hall–Kier alpha value is -0.354. The zero-order chi connectivity index (χ0) is 10.6. The van der Waals surface area contributed by atoms with Crippen LogP contribution in [0.5, 0.6) is 0 Å². The monoisotopic (exact) mass is 240 g/mol. The lowest BCUT2D eigenvalue weighted by molar-refractivity contribution is -0.136. The molecule has 1 rings (SSSR count). The third kappa shape index (κ3) is 4.80. The summed E-state index contributed by atoms with van der Waals surface area (Å²) in [5, 5.41) is 8.83. The van der Waals surface area contributed by atoms with Gasteiger partial charge in [-0.2, -0.15) is 0 Å². The number of rotatable bonds is 4. The third-order valence-electron chi connectivity index (χ3n) is 1.86. The molecule has 15 heavy (non-hydrogen) atoms. The number of benzene rings is 1. The zero-order valence-electron chi connectivity index (χ0n) is 7.43. The number of carbonyl (C=O) groups is 1. The van der Waals surface area contributed by atoms with Gasteiger partial charge in [-0.3, -0.25) is 9.36 Å². The van der Waals surface area contributed by atoms with Gasteiger partial charge < -0.3 is 10.00 Å². The molecule has 0 aliphatic heterocycles. The Balaban J connectivity index is 0.00000196. The van der Waals surface area contributed by atoms with Crippen molar-refractivity contribution in [3.8, 4) is 0 Å². The van der Waals surface area contributed by atoms with Gasteiger partial charge in [-0.25, -0.2) is 0 Å². The first-order valence-corrected chi connectivity index (χ1v) is 5.50. The van der Waals surface area contributed by atoms with E-state index in [2.05, 4.69) is 0 Å². The standard InChI is InChI=1S/C9H11O4P.Mg.2H/c10-9(11)6-5-7-3-1-2-4-8(7)14(12)13;;;/h1-4,14H,5-6H2,(H,10,11)(H,12,13);;;. The van der Waals surface area contributed by atoms with E-state index >= 15 is 0 Å². The van der Waals surface area contributed by atoms with Crippen LogP contribution in [-0.4, -0.2) is 39.0 Å².